The zero-order valence-electron chi connectivity index (χ0n) is 10.2. The maximum Gasteiger partial charge on any atom is 0.273 e. The SMILES string of the molecule is O=[N+]([O-])c1cc(F)c(OCCC2CC2)c(S(=O)(=O)Cl)c1. The van der Waals surface area contributed by atoms with Crippen LogP contribution in [0.3, 0.4) is 0 Å². The van der Waals surface area contributed by atoms with Crippen molar-refractivity contribution in [1.29, 1.82) is 0 Å². The number of nitrogens with zero attached hydrogens (tertiary/aromatic N) is 1. The largest absolute Gasteiger partial charge is 0.489 e. The second-order valence-electron chi connectivity index (χ2n) is 4.53. The first kappa shape index (κ1) is 15.0. The molecule has 0 saturated heterocycles. The van der Waals surface area contributed by atoms with Crippen molar-refractivity contribution in [1.82, 2.24) is 0 Å². The van der Waals surface area contributed by atoms with Crippen LogP contribution in [0.25, 0.3) is 0 Å². The highest BCUT2D eigenvalue weighted by Crippen LogP contribution is 2.36. The van der Waals surface area contributed by atoms with Gasteiger partial charge in [0.15, 0.2) is 11.6 Å². The zero-order valence-corrected chi connectivity index (χ0v) is 11.8. The average Bonchev–Trinajstić information content (AvgIpc) is 3.13. The summed E-state index contributed by atoms with van der Waals surface area (Å²) < 4.78 is 41.7. The minimum Gasteiger partial charge on any atom is -0.489 e. The molecule has 20 heavy (non-hydrogen) atoms. The fourth-order valence-corrected chi connectivity index (χ4v) is 2.70. The van der Waals surface area contributed by atoms with Crippen LogP contribution in [-0.2, 0) is 9.05 Å². The third-order valence-electron chi connectivity index (χ3n) is 2.94. The summed E-state index contributed by atoms with van der Waals surface area (Å²) in [6.07, 6.45) is 2.83. The standard InChI is InChI=1S/C11H11ClFNO5S/c12-20(17,18)10-6-8(14(15)16)5-9(13)11(10)19-4-3-7-1-2-7/h5-7H,1-4H2. The molecule has 0 amide bonds. The van der Waals surface area contributed by atoms with Crippen molar-refractivity contribution in [3.8, 4) is 5.75 Å². The lowest BCUT2D eigenvalue weighted by molar-refractivity contribution is -0.385. The molecule has 1 aliphatic rings. The minimum atomic E-state index is -4.34. The van der Waals surface area contributed by atoms with Gasteiger partial charge < -0.3 is 4.74 Å². The van der Waals surface area contributed by atoms with E-state index >= 15 is 0 Å². The van der Waals surface area contributed by atoms with Crippen molar-refractivity contribution in [2.75, 3.05) is 6.61 Å². The number of ether oxygens (including phenoxy) is 1. The van der Waals surface area contributed by atoms with Gasteiger partial charge >= 0.3 is 0 Å². The number of rotatable bonds is 6. The van der Waals surface area contributed by atoms with Crippen molar-refractivity contribution in [2.24, 2.45) is 5.92 Å². The van der Waals surface area contributed by atoms with Crippen LogP contribution >= 0.6 is 10.7 Å². The van der Waals surface area contributed by atoms with Gasteiger partial charge in [-0.15, -0.1) is 0 Å². The number of non-ortho nitro benzene ring substituents is 1. The lowest BCUT2D eigenvalue weighted by Crippen LogP contribution is -2.06. The van der Waals surface area contributed by atoms with E-state index in [9.17, 15) is 22.9 Å². The van der Waals surface area contributed by atoms with Crippen molar-refractivity contribution < 1.29 is 22.5 Å². The molecule has 0 N–H and O–H groups in total. The third kappa shape index (κ3) is 3.57. The Morgan fingerprint density at radius 3 is 2.60 bits per heavy atom. The molecule has 0 atom stereocenters. The Hall–Kier alpha value is -1.41. The zero-order chi connectivity index (χ0) is 14.9. The molecular formula is C11H11ClFNO5S. The van der Waals surface area contributed by atoms with E-state index in [0.29, 0.717) is 24.5 Å². The molecule has 1 aromatic carbocycles. The Kier molecular flexibility index (Phi) is 4.14. The van der Waals surface area contributed by atoms with Crippen LogP contribution in [0.4, 0.5) is 10.1 Å². The maximum absolute atomic E-state index is 13.8. The van der Waals surface area contributed by atoms with E-state index in [4.69, 9.17) is 15.4 Å². The number of hydrogen-bond donors (Lipinski definition) is 0. The first-order valence-electron chi connectivity index (χ1n) is 5.84. The highest BCUT2D eigenvalue weighted by molar-refractivity contribution is 8.13. The molecule has 0 radical (unpaired) electrons. The summed E-state index contributed by atoms with van der Waals surface area (Å²) >= 11 is 0. The van der Waals surface area contributed by atoms with Crippen LogP contribution in [0.15, 0.2) is 17.0 Å². The van der Waals surface area contributed by atoms with E-state index in [1.807, 2.05) is 0 Å². The molecule has 6 nitrogen and oxygen atoms in total. The van der Waals surface area contributed by atoms with Gasteiger partial charge in [-0.2, -0.15) is 0 Å². The molecule has 0 aliphatic heterocycles. The number of hydrogen-bond acceptors (Lipinski definition) is 5. The predicted octanol–water partition coefficient (Wildman–Crippen LogP) is 2.84. The lowest BCUT2D eigenvalue weighted by atomic mass is 10.3. The summed E-state index contributed by atoms with van der Waals surface area (Å²) in [5.74, 6) is -1.16. The Bertz CT molecular complexity index is 644. The summed E-state index contributed by atoms with van der Waals surface area (Å²) in [5.41, 5.74) is -0.698. The van der Waals surface area contributed by atoms with E-state index in [-0.39, 0.29) is 6.61 Å². The van der Waals surface area contributed by atoms with Gasteiger partial charge in [0.2, 0.25) is 0 Å². The van der Waals surface area contributed by atoms with Crippen LogP contribution in [0.2, 0.25) is 0 Å². The lowest BCUT2D eigenvalue weighted by Gasteiger charge is -2.10. The van der Waals surface area contributed by atoms with E-state index in [1.54, 1.807) is 0 Å². The van der Waals surface area contributed by atoms with Crippen LogP contribution in [0.5, 0.6) is 5.75 Å². The van der Waals surface area contributed by atoms with Gasteiger partial charge in [0.05, 0.1) is 17.6 Å². The highest BCUT2D eigenvalue weighted by atomic mass is 35.7. The van der Waals surface area contributed by atoms with E-state index in [1.165, 1.54) is 0 Å². The summed E-state index contributed by atoms with van der Waals surface area (Å²) in [4.78, 5) is 8.99. The Morgan fingerprint density at radius 1 is 1.45 bits per heavy atom. The predicted molar refractivity (Wildman–Crippen MR) is 68.9 cm³/mol. The molecule has 1 fully saturated rings. The number of benzene rings is 1. The topological polar surface area (TPSA) is 86.5 Å². The summed E-state index contributed by atoms with van der Waals surface area (Å²) in [6, 6.07) is 1.30. The fraction of sp³-hybridized carbons (Fsp3) is 0.455. The minimum absolute atomic E-state index is 0.138. The number of nitro groups is 1. The average molecular weight is 324 g/mol. The molecule has 0 heterocycles. The summed E-state index contributed by atoms with van der Waals surface area (Å²) in [7, 11) is 0.825. The first-order chi connectivity index (χ1) is 9.29. The maximum atomic E-state index is 13.8. The van der Waals surface area contributed by atoms with Crippen molar-refractivity contribution in [2.45, 2.75) is 24.2 Å². The van der Waals surface area contributed by atoms with Crippen LogP contribution < -0.4 is 4.74 Å². The Balaban J connectivity index is 2.34. The molecule has 1 aliphatic carbocycles. The molecule has 1 aromatic rings. The molecular weight excluding hydrogens is 313 g/mol. The van der Waals surface area contributed by atoms with Gasteiger partial charge in [-0.1, -0.05) is 12.8 Å². The van der Waals surface area contributed by atoms with E-state index in [2.05, 4.69) is 0 Å². The first-order valence-corrected chi connectivity index (χ1v) is 8.15. The number of halogens is 2. The highest BCUT2D eigenvalue weighted by Gasteiger charge is 2.27. The van der Waals surface area contributed by atoms with E-state index < -0.39 is 36.1 Å². The molecule has 0 spiro atoms. The second-order valence-corrected chi connectivity index (χ2v) is 7.06. The van der Waals surface area contributed by atoms with E-state index in [0.717, 1.165) is 12.8 Å². The molecule has 0 aromatic heterocycles. The van der Waals surface area contributed by atoms with Crippen molar-refractivity contribution in [3.63, 3.8) is 0 Å². The van der Waals surface area contributed by atoms with Crippen LogP contribution in [0, 0.1) is 21.8 Å². The molecule has 2 rings (SSSR count). The second kappa shape index (κ2) is 5.53. The Labute approximate surface area is 119 Å². The number of nitro benzene ring substituents is 1. The van der Waals surface area contributed by atoms with Gasteiger partial charge in [0.1, 0.15) is 4.90 Å². The van der Waals surface area contributed by atoms with Gasteiger partial charge in [-0.3, -0.25) is 10.1 Å². The quantitative estimate of drug-likeness (QED) is 0.456. The molecule has 0 bridgehead atoms. The summed E-state index contributed by atoms with van der Waals surface area (Å²) in [6.45, 7) is 0.138. The molecule has 110 valence electrons. The normalized spacial score (nSPS) is 15.1. The summed E-state index contributed by atoms with van der Waals surface area (Å²) in [5, 5.41) is 10.6. The van der Waals surface area contributed by atoms with Gasteiger partial charge in [0.25, 0.3) is 14.7 Å². The van der Waals surface area contributed by atoms with Crippen LogP contribution in [0.1, 0.15) is 19.3 Å². The Morgan fingerprint density at radius 2 is 2.10 bits per heavy atom. The van der Waals surface area contributed by atoms with Crippen molar-refractivity contribution in [3.05, 3.63) is 28.1 Å². The van der Waals surface area contributed by atoms with Gasteiger partial charge in [-0.25, -0.2) is 12.8 Å². The fourth-order valence-electron chi connectivity index (χ4n) is 1.72. The monoisotopic (exact) mass is 323 g/mol. The van der Waals surface area contributed by atoms with Crippen LogP contribution in [-0.4, -0.2) is 19.9 Å². The molecule has 0 unspecified atom stereocenters. The third-order valence-corrected chi connectivity index (χ3v) is 4.26. The molecule has 9 heteroatoms. The van der Waals surface area contributed by atoms with Crippen molar-refractivity contribution >= 4 is 25.4 Å². The van der Waals surface area contributed by atoms with Gasteiger partial charge in [0, 0.05) is 16.7 Å². The smallest absolute Gasteiger partial charge is 0.273 e. The molecule has 1 saturated carbocycles. The van der Waals surface area contributed by atoms with Gasteiger partial charge in [-0.05, 0) is 12.3 Å².